The molecule has 0 aromatic rings. The van der Waals surface area contributed by atoms with E-state index in [4.69, 9.17) is 4.74 Å². The van der Waals surface area contributed by atoms with E-state index in [1.807, 2.05) is 6.21 Å². The highest BCUT2D eigenvalue weighted by atomic mass is 16.5. The number of aliphatic hydroxyl groups is 4. The topological polar surface area (TPSA) is 120 Å². The molecule has 4 fully saturated rings. The van der Waals surface area contributed by atoms with Crippen molar-refractivity contribution in [2.24, 2.45) is 33.6 Å². The number of ether oxygens (including phenoxy) is 1. The number of hydrogen-bond donors (Lipinski definition) is 4. The Bertz CT molecular complexity index is 858. The van der Waals surface area contributed by atoms with Gasteiger partial charge in [-0.15, -0.1) is 0 Å². The van der Waals surface area contributed by atoms with Crippen LogP contribution >= 0.6 is 0 Å². The Labute approximate surface area is 195 Å². The standard InChI is InChI=1S/C26H39NO6/c1-23-7-4-20-21(26(23,32)10-6-19(23)17-13-22(30)33-15-17)5-9-25(31)14-18(29)3-8-24(20,25)16-27-11-2-12-28/h13,16,18-21,28-29,31-32H,2-12,14-15H2,1H3. The van der Waals surface area contributed by atoms with Crippen molar-refractivity contribution >= 4 is 12.2 Å². The van der Waals surface area contributed by atoms with E-state index >= 15 is 0 Å². The number of aliphatic imine (C=N–C) groups is 1. The summed E-state index contributed by atoms with van der Waals surface area (Å²) in [7, 11) is 0. The van der Waals surface area contributed by atoms with Crippen LogP contribution in [0.25, 0.3) is 0 Å². The molecule has 1 aliphatic heterocycles. The molecule has 0 amide bonds. The van der Waals surface area contributed by atoms with Crippen molar-refractivity contribution in [2.75, 3.05) is 19.8 Å². The van der Waals surface area contributed by atoms with Gasteiger partial charge in [0.05, 0.1) is 17.3 Å². The van der Waals surface area contributed by atoms with E-state index in [1.54, 1.807) is 6.08 Å². The van der Waals surface area contributed by atoms with Gasteiger partial charge in [-0.3, -0.25) is 4.99 Å². The van der Waals surface area contributed by atoms with Crippen LogP contribution in [-0.4, -0.2) is 69.7 Å². The van der Waals surface area contributed by atoms with Gasteiger partial charge in [-0.2, -0.15) is 0 Å². The SMILES string of the molecule is CC12CCC3C(CCC4(O)CC(O)CCC34C=NCCCO)C1(O)CCC2C1=CC(=O)OC1. The largest absolute Gasteiger partial charge is 0.458 e. The summed E-state index contributed by atoms with van der Waals surface area (Å²) < 4.78 is 5.21. The zero-order valence-corrected chi connectivity index (χ0v) is 19.7. The molecule has 4 saturated carbocycles. The van der Waals surface area contributed by atoms with Crippen LogP contribution in [0.4, 0.5) is 0 Å². The van der Waals surface area contributed by atoms with Crippen LogP contribution in [0.5, 0.6) is 0 Å². The van der Waals surface area contributed by atoms with Crippen LogP contribution in [0.2, 0.25) is 0 Å². The molecular formula is C26H39NO6. The molecule has 8 unspecified atom stereocenters. The summed E-state index contributed by atoms with van der Waals surface area (Å²) in [6.07, 6.45) is 9.83. The second-order valence-electron chi connectivity index (χ2n) is 11.6. The first kappa shape index (κ1) is 23.5. The minimum absolute atomic E-state index is 0.0414. The summed E-state index contributed by atoms with van der Waals surface area (Å²) in [5, 5.41) is 43.9. The first-order valence-corrected chi connectivity index (χ1v) is 12.8. The highest BCUT2D eigenvalue weighted by Crippen LogP contribution is 2.70. The minimum Gasteiger partial charge on any atom is -0.458 e. The summed E-state index contributed by atoms with van der Waals surface area (Å²) in [6, 6.07) is 0. The van der Waals surface area contributed by atoms with E-state index in [-0.39, 0.29) is 35.7 Å². The van der Waals surface area contributed by atoms with Gasteiger partial charge in [0.1, 0.15) is 6.61 Å². The lowest BCUT2D eigenvalue weighted by atomic mass is 9.41. The first-order valence-electron chi connectivity index (χ1n) is 12.8. The smallest absolute Gasteiger partial charge is 0.331 e. The summed E-state index contributed by atoms with van der Waals surface area (Å²) in [4.78, 5) is 16.4. The fraction of sp³-hybridized carbons (Fsp3) is 0.846. The number of nitrogens with zero attached hydrogens (tertiary/aromatic N) is 1. The van der Waals surface area contributed by atoms with Crippen molar-refractivity contribution in [2.45, 2.75) is 88.4 Å². The normalized spacial score (nSPS) is 49.4. The van der Waals surface area contributed by atoms with Gasteiger partial charge >= 0.3 is 5.97 Å². The highest BCUT2D eigenvalue weighted by Gasteiger charge is 2.71. The van der Waals surface area contributed by atoms with Crippen molar-refractivity contribution in [3.8, 4) is 0 Å². The van der Waals surface area contributed by atoms with Gasteiger partial charge in [0.2, 0.25) is 0 Å². The van der Waals surface area contributed by atoms with Crippen molar-refractivity contribution in [1.82, 2.24) is 0 Å². The third-order valence-electron chi connectivity index (χ3n) is 10.4. The lowest BCUT2D eigenvalue weighted by molar-refractivity contribution is -0.237. The van der Waals surface area contributed by atoms with Gasteiger partial charge in [-0.05, 0) is 81.1 Å². The van der Waals surface area contributed by atoms with Gasteiger partial charge in [0, 0.05) is 42.7 Å². The Morgan fingerprint density at radius 2 is 1.91 bits per heavy atom. The Balaban J connectivity index is 1.50. The molecule has 7 nitrogen and oxygen atoms in total. The molecule has 4 N–H and O–H groups in total. The van der Waals surface area contributed by atoms with Crippen molar-refractivity contribution < 1.29 is 30.0 Å². The Morgan fingerprint density at radius 3 is 2.64 bits per heavy atom. The number of hydrogen-bond acceptors (Lipinski definition) is 7. The molecule has 8 atom stereocenters. The molecule has 0 saturated heterocycles. The summed E-state index contributed by atoms with van der Waals surface area (Å²) in [5.41, 5.74) is -1.76. The predicted molar refractivity (Wildman–Crippen MR) is 123 cm³/mol. The molecular weight excluding hydrogens is 422 g/mol. The molecule has 0 bridgehead atoms. The minimum atomic E-state index is -1.02. The number of esters is 1. The molecule has 0 spiro atoms. The van der Waals surface area contributed by atoms with Crippen LogP contribution in [0.3, 0.4) is 0 Å². The number of carbonyl (C=O) groups excluding carboxylic acids is 1. The van der Waals surface area contributed by atoms with Gasteiger partial charge < -0.3 is 25.2 Å². The molecule has 5 rings (SSSR count). The van der Waals surface area contributed by atoms with E-state index in [2.05, 4.69) is 11.9 Å². The Kier molecular flexibility index (Phi) is 5.79. The van der Waals surface area contributed by atoms with Gasteiger partial charge in [0.15, 0.2) is 0 Å². The maximum atomic E-state index is 12.4. The van der Waals surface area contributed by atoms with E-state index < -0.39 is 22.7 Å². The van der Waals surface area contributed by atoms with Crippen molar-refractivity contribution in [1.29, 1.82) is 0 Å². The Morgan fingerprint density at radius 1 is 1.12 bits per heavy atom. The average molecular weight is 462 g/mol. The number of cyclic esters (lactones) is 1. The predicted octanol–water partition coefficient (Wildman–Crippen LogP) is 2.15. The average Bonchev–Trinajstić information content (AvgIpc) is 3.31. The zero-order chi connectivity index (χ0) is 23.5. The second kappa shape index (κ2) is 8.14. The summed E-state index contributed by atoms with van der Waals surface area (Å²) >= 11 is 0. The highest BCUT2D eigenvalue weighted by molar-refractivity contribution is 5.85. The third kappa shape index (κ3) is 3.29. The maximum Gasteiger partial charge on any atom is 0.331 e. The lowest BCUT2D eigenvalue weighted by Gasteiger charge is -2.65. The molecule has 33 heavy (non-hydrogen) atoms. The number of carbonyl (C=O) groups is 1. The summed E-state index contributed by atoms with van der Waals surface area (Å²) in [5.74, 6) is -0.00843. The molecule has 0 aromatic heterocycles. The number of aliphatic hydroxyl groups excluding tert-OH is 2. The van der Waals surface area contributed by atoms with Crippen LogP contribution in [0, 0.1) is 28.6 Å². The number of fused-ring (bicyclic) bond motifs is 5. The molecule has 7 heteroatoms. The van der Waals surface area contributed by atoms with Crippen LogP contribution in [-0.2, 0) is 9.53 Å². The van der Waals surface area contributed by atoms with Gasteiger partial charge in [-0.1, -0.05) is 6.92 Å². The van der Waals surface area contributed by atoms with E-state index in [1.165, 1.54) is 0 Å². The fourth-order valence-electron chi connectivity index (χ4n) is 8.75. The Hall–Kier alpha value is -1.28. The van der Waals surface area contributed by atoms with E-state index in [0.717, 1.165) is 31.3 Å². The monoisotopic (exact) mass is 461 g/mol. The second-order valence-corrected chi connectivity index (χ2v) is 11.6. The molecule has 1 heterocycles. The van der Waals surface area contributed by atoms with Crippen molar-refractivity contribution in [3.63, 3.8) is 0 Å². The molecule has 5 aliphatic rings. The maximum absolute atomic E-state index is 12.4. The third-order valence-corrected chi connectivity index (χ3v) is 10.4. The quantitative estimate of drug-likeness (QED) is 0.283. The van der Waals surface area contributed by atoms with E-state index in [0.29, 0.717) is 51.7 Å². The van der Waals surface area contributed by atoms with Crippen LogP contribution in [0.15, 0.2) is 16.6 Å². The lowest BCUT2D eigenvalue weighted by Crippen LogP contribution is -2.68. The fourth-order valence-corrected chi connectivity index (χ4v) is 8.75. The first-order chi connectivity index (χ1) is 15.7. The molecule has 0 radical (unpaired) electrons. The van der Waals surface area contributed by atoms with Crippen LogP contribution < -0.4 is 0 Å². The van der Waals surface area contributed by atoms with Gasteiger partial charge in [-0.25, -0.2) is 4.79 Å². The van der Waals surface area contributed by atoms with Gasteiger partial charge in [0.25, 0.3) is 0 Å². The van der Waals surface area contributed by atoms with E-state index in [9.17, 15) is 25.2 Å². The summed E-state index contributed by atoms with van der Waals surface area (Å²) in [6.45, 7) is 3.13. The molecule has 0 aromatic carbocycles. The molecule has 184 valence electrons. The zero-order valence-electron chi connectivity index (χ0n) is 19.7. The van der Waals surface area contributed by atoms with Crippen molar-refractivity contribution in [3.05, 3.63) is 11.6 Å². The molecule has 4 aliphatic carbocycles. The number of rotatable bonds is 5. The van der Waals surface area contributed by atoms with Crippen LogP contribution in [0.1, 0.15) is 71.1 Å².